The van der Waals surface area contributed by atoms with E-state index in [2.05, 4.69) is 11.6 Å². The van der Waals surface area contributed by atoms with Crippen LogP contribution in [0.2, 0.25) is 0 Å². The van der Waals surface area contributed by atoms with E-state index in [1.54, 1.807) is 9.80 Å². The molecule has 1 aromatic heterocycles. The maximum atomic E-state index is 14.5. The Morgan fingerprint density at radius 2 is 1.78 bits per heavy atom. The summed E-state index contributed by atoms with van der Waals surface area (Å²) in [6.07, 6.45) is -2.90. The van der Waals surface area contributed by atoms with Crippen molar-refractivity contribution in [1.82, 2.24) is 14.5 Å². The molecule has 0 saturated carbocycles. The number of alkyl halides is 3. The Labute approximate surface area is 208 Å². The topological polar surface area (TPSA) is 58.4 Å². The smallest absolute Gasteiger partial charge is 0.352 e. The van der Waals surface area contributed by atoms with Gasteiger partial charge in [0.05, 0.1) is 11.1 Å². The minimum Gasteiger partial charge on any atom is -0.352 e. The third-order valence-corrected chi connectivity index (χ3v) is 7.65. The first kappa shape index (κ1) is 24.4. The fraction of sp³-hybridized carbons (Fsp3) is 0.320. The van der Waals surface area contributed by atoms with E-state index in [0.717, 1.165) is 18.2 Å². The van der Waals surface area contributed by atoms with E-state index in [-0.39, 0.29) is 28.2 Å². The number of thioether (sulfide) groups is 1. The van der Waals surface area contributed by atoms with Crippen molar-refractivity contribution in [3.05, 3.63) is 64.9 Å². The van der Waals surface area contributed by atoms with E-state index < -0.39 is 23.2 Å². The summed E-state index contributed by atoms with van der Waals surface area (Å²) in [5, 5.41) is 0.237. The number of hydrogen-bond acceptors (Lipinski definition) is 5. The number of amides is 1. The average Bonchev–Trinajstić information content (AvgIpc) is 3.09. The molecule has 2 aromatic carbocycles. The predicted molar refractivity (Wildman–Crippen MR) is 131 cm³/mol. The van der Waals surface area contributed by atoms with E-state index in [9.17, 15) is 27.2 Å². The first-order valence-electron chi connectivity index (χ1n) is 11.4. The van der Waals surface area contributed by atoms with Gasteiger partial charge < -0.3 is 9.80 Å². The molecule has 36 heavy (non-hydrogen) atoms. The third kappa shape index (κ3) is 4.25. The number of anilines is 1. The molecule has 1 amide bonds. The first-order valence-corrected chi connectivity index (χ1v) is 12.4. The Hall–Kier alpha value is -3.34. The van der Waals surface area contributed by atoms with Crippen molar-refractivity contribution in [2.24, 2.45) is 0 Å². The van der Waals surface area contributed by atoms with Gasteiger partial charge in [0.15, 0.2) is 0 Å². The van der Waals surface area contributed by atoms with Crippen LogP contribution in [0.3, 0.4) is 0 Å². The third-order valence-electron chi connectivity index (χ3n) is 6.47. The van der Waals surface area contributed by atoms with Gasteiger partial charge in [0, 0.05) is 48.6 Å². The van der Waals surface area contributed by atoms with Crippen LogP contribution < -0.4 is 10.6 Å². The summed E-state index contributed by atoms with van der Waals surface area (Å²) >= 11 is 1.27. The number of carbonyl (C=O) groups excluding carboxylic acids is 1. The van der Waals surface area contributed by atoms with Gasteiger partial charge in [-0.25, -0.2) is 9.18 Å². The fourth-order valence-corrected chi connectivity index (χ4v) is 5.98. The molecule has 2 aliphatic heterocycles. The normalized spacial score (nSPS) is 16.2. The zero-order valence-electron chi connectivity index (χ0n) is 19.1. The van der Waals surface area contributed by atoms with Crippen molar-refractivity contribution in [2.45, 2.75) is 24.0 Å². The van der Waals surface area contributed by atoms with Gasteiger partial charge in [0.25, 0.3) is 0 Å². The number of piperazine rings is 1. The van der Waals surface area contributed by atoms with E-state index in [1.165, 1.54) is 34.5 Å². The van der Waals surface area contributed by atoms with Crippen LogP contribution in [0.25, 0.3) is 22.0 Å². The number of hydrogen-bond donors (Lipinski definition) is 0. The van der Waals surface area contributed by atoms with E-state index in [0.29, 0.717) is 55.3 Å². The van der Waals surface area contributed by atoms with Gasteiger partial charge in [-0.15, -0.1) is 11.8 Å². The molecule has 0 aliphatic carbocycles. The highest BCUT2D eigenvalue weighted by molar-refractivity contribution is 7.99. The molecule has 188 valence electrons. The number of aromatic nitrogens is 2. The summed E-state index contributed by atoms with van der Waals surface area (Å²) in [5.74, 6) is -0.0830. The monoisotopic (exact) mass is 518 g/mol. The summed E-state index contributed by atoms with van der Waals surface area (Å²) in [4.78, 5) is 33.0. The molecule has 11 heteroatoms. The van der Waals surface area contributed by atoms with Gasteiger partial charge >= 0.3 is 11.9 Å². The van der Waals surface area contributed by atoms with Gasteiger partial charge in [-0.3, -0.25) is 9.36 Å². The second-order valence-electron chi connectivity index (χ2n) is 8.62. The predicted octanol–water partition coefficient (Wildman–Crippen LogP) is 4.55. The zero-order chi connectivity index (χ0) is 25.6. The summed E-state index contributed by atoms with van der Waals surface area (Å²) in [5.41, 5.74) is -0.822. The summed E-state index contributed by atoms with van der Waals surface area (Å²) in [6.45, 7) is 5.11. The van der Waals surface area contributed by atoms with Crippen LogP contribution in [0.15, 0.2) is 52.7 Å². The van der Waals surface area contributed by atoms with Crippen LogP contribution >= 0.6 is 11.8 Å². The molecule has 2 aliphatic rings. The lowest BCUT2D eigenvalue weighted by Crippen LogP contribution is -2.49. The highest BCUT2D eigenvalue weighted by Crippen LogP contribution is 2.48. The number of nitrogens with zero attached hydrogens (tertiary/aromatic N) is 4. The molecular weight excluding hydrogens is 496 g/mol. The molecule has 6 nitrogen and oxygen atoms in total. The minimum atomic E-state index is -4.70. The van der Waals surface area contributed by atoms with Gasteiger partial charge in [0.2, 0.25) is 5.91 Å². The van der Waals surface area contributed by atoms with Gasteiger partial charge in [-0.1, -0.05) is 18.7 Å². The molecule has 0 spiro atoms. The van der Waals surface area contributed by atoms with Crippen molar-refractivity contribution in [3.63, 3.8) is 0 Å². The number of halogens is 4. The Kier molecular flexibility index (Phi) is 6.27. The Bertz CT molecular complexity index is 1410. The molecule has 0 atom stereocenters. The van der Waals surface area contributed by atoms with Crippen molar-refractivity contribution in [2.75, 3.05) is 36.8 Å². The molecular formula is C25H22F4N4O2S. The standard InChI is InChI=1S/C25H22F4N4O2S/c1-2-19(34)31-9-11-32(12-10-31)23-17-14-18(25(27,28)29)20(15-4-6-16(26)7-5-15)22-21(17)33(24(35)30-23)8-3-13-36-22/h2,4-7,14H,1,3,8-13H2. The lowest BCUT2D eigenvalue weighted by molar-refractivity contribution is -0.137. The van der Waals surface area contributed by atoms with Crippen molar-refractivity contribution >= 4 is 34.4 Å². The van der Waals surface area contributed by atoms with Crippen molar-refractivity contribution in [1.29, 1.82) is 0 Å². The van der Waals surface area contributed by atoms with E-state index >= 15 is 0 Å². The van der Waals surface area contributed by atoms with Crippen molar-refractivity contribution in [3.8, 4) is 11.1 Å². The van der Waals surface area contributed by atoms with Gasteiger partial charge in [-0.2, -0.15) is 18.2 Å². The molecule has 0 N–H and O–H groups in total. The van der Waals surface area contributed by atoms with E-state index in [4.69, 9.17) is 0 Å². The van der Waals surface area contributed by atoms with Crippen LogP contribution in [0.5, 0.6) is 0 Å². The lowest BCUT2D eigenvalue weighted by atomic mass is 9.96. The SMILES string of the molecule is C=CC(=O)N1CCN(c2nc(=O)n3c4c(c(-c5ccc(F)cc5)c(C(F)(F)F)cc24)SCCC3)CC1. The van der Waals surface area contributed by atoms with Crippen LogP contribution in [0, 0.1) is 5.82 Å². The van der Waals surface area contributed by atoms with Gasteiger partial charge in [0.1, 0.15) is 11.6 Å². The molecule has 0 unspecified atom stereocenters. The van der Waals surface area contributed by atoms with Crippen LogP contribution in [0.4, 0.5) is 23.4 Å². The molecule has 0 bridgehead atoms. The first-order chi connectivity index (χ1) is 17.2. The molecule has 1 fully saturated rings. The maximum absolute atomic E-state index is 14.5. The molecule has 3 heterocycles. The maximum Gasteiger partial charge on any atom is 0.417 e. The Balaban J connectivity index is 1.77. The number of aryl methyl sites for hydroxylation is 1. The highest BCUT2D eigenvalue weighted by Gasteiger charge is 2.38. The lowest BCUT2D eigenvalue weighted by Gasteiger charge is -2.35. The largest absolute Gasteiger partial charge is 0.417 e. The second kappa shape index (κ2) is 9.27. The number of benzene rings is 2. The summed E-state index contributed by atoms with van der Waals surface area (Å²) < 4.78 is 58.5. The summed E-state index contributed by atoms with van der Waals surface area (Å²) in [6, 6.07) is 5.97. The number of carbonyl (C=O) groups is 1. The van der Waals surface area contributed by atoms with Crippen LogP contribution in [-0.4, -0.2) is 52.3 Å². The Morgan fingerprint density at radius 1 is 1.08 bits per heavy atom. The van der Waals surface area contributed by atoms with Crippen LogP contribution in [0.1, 0.15) is 12.0 Å². The quantitative estimate of drug-likeness (QED) is 0.376. The molecule has 0 radical (unpaired) electrons. The average molecular weight is 519 g/mol. The second-order valence-corrected chi connectivity index (χ2v) is 9.72. The van der Waals surface area contributed by atoms with E-state index in [1.807, 2.05) is 0 Å². The van der Waals surface area contributed by atoms with Crippen LogP contribution in [-0.2, 0) is 17.5 Å². The minimum absolute atomic E-state index is 0.0615. The highest BCUT2D eigenvalue weighted by atomic mass is 32.2. The summed E-state index contributed by atoms with van der Waals surface area (Å²) in [7, 11) is 0. The fourth-order valence-electron chi connectivity index (χ4n) is 4.77. The van der Waals surface area contributed by atoms with Crippen molar-refractivity contribution < 1.29 is 22.4 Å². The number of rotatable bonds is 3. The molecule has 1 saturated heterocycles. The molecule has 3 aromatic rings. The molecule has 5 rings (SSSR count). The Morgan fingerprint density at radius 3 is 2.42 bits per heavy atom. The van der Waals surface area contributed by atoms with Gasteiger partial charge in [-0.05, 0) is 42.0 Å². The zero-order valence-corrected chi connectivity index (χ0v) is 20.0.